The Balaban J connectivity index is 1.84. The Morgan fingerprint density at radius 1 is 1.30 bits per heavy atom. The van der Waals surface area contributed by atoms with Crippen molar-refractivity contribution >= 4 is 28.2 Å². The summed E-state index contributed by atoms with van der Waals surface area (Å²) in [6, 6.07) is 6.08. The van der Waals surface area contributed by atoms with Gasteiger partial charge in [0.1, 0.15) is 5.00 Å². The number of hydrogen-bond acceptors (Lipinski definition) is 5. The van der Waals surface area contributed by atoms with Gasteiger partial charge in [0, 0.05) is 18.0 Å². The number of amides is 1. The number of carbonyl (C=O) groups excluding carboxylic acids is 2. The number of nitrogens with zero attached hydrogens (tertiary/aromatic N) is 1. The minimum atomic E-state index is -0.376. The van der Waals surface area contributed by atoms with Crippen LogP contribution in [0.2, 0.25) is 0 Å². The molecule has 1 aromatic heterocycles. The van der Waals surface area contributed by atoms with Crippen molar-refractivity contribution in [2.45, 2.75) is 40.2 Å². The fraction of sp³-hybridized carbons (Fsp3) is 0.429. The number of fused-ring (bicyclic) bond motifs is 1. The van der Waals surface area contributed by atoms with Gasteiger partial charge in [-0.05, 0) is 43.5 Å². The molecule has 2 aromatic rings. The molecule has 1 aromatic carbocycles. The number of ether oxygens (including phenoxy) is 1. The number of benzene rings is 1. The molecule has 144 valence electrons. The fourth-order valence-corrected chi connectivity index (χ4v) is 4.81. The average Bonchev–Trinajstić information content (AvgIpc) is 3.00. The third kappa shape index (κ3) is 4.22. The topological polar surface area (TPSA) is 58.6 Å². The van der Waals surface area contributed by atoms with E-state index >= 15 is 0 Å². The Bertz CT molecular complexity index is 873. The molecule has 1 amide bonds. The summed E-state index contributed by atoms with van der Waals surface area (Å²) in [6.07, 6.45) is 1.09. The van der Waals surface area contributed by atoms with Crippen LogP contribution < -0.4 is 5.32 Å². The van der Waals surface area contributed by atoms with E-state index in [-0.39, 0.29) is 18.3 Å². The lowest BCUT2D eigenvalue weighted by atomic mass is 10.0. The number of anilines is 1. The SMILES string of the molecule is CCN1CCc2c(sc(NC(=O)Cc3ccc(C)cc3C)c2C(=O)OC)C1. The summed E-state index contributed by atoms with van der Waals surface area (Å²) in [4.78, 5) is 28.5. The van der Waals surface area contributed by atoms with E-state index in [1.807, 2.05) is 26.0 Å². The van der Waals surface area contributed by atoms with E-state index in [1.54, 1.807) is 0 Å². The van der Waals surface area contributed by atoms with Gasteiger partial charge in [-0.2, -0.15) is 0 Å². The lowest BCUT2D eigenvalue weighted by Crippen LogP contribution is -2.30. The first kappa shape index (κ1) is 19.6. The van der Waals surface area contributed by atoms with Crippen LogP contribution in [0.1, 0.15) is 44.4 Å². The van der Waals surface area contributed by atoms with Gasteiger partial charge in [-0.1, -0.05) is 30.7 Å². The quantitative estimate of drug-likeness (QED) is 0.796. The number of methoxy groups -OCH3 is 1. The fourth-order valence-electron chi connectivity index (χ4n) is 3.52. The van der Waals surface area contributed by atoms with Gasteiger partial charge < -0.3 is 10.1 Å². The molecule has 27 heavy (non-hydrogen) atoms. The number of thiophene rings is 1. The minimum absolute atomic E-state index is 0.113. The maximum atomic E-state index is 12.6. The molecule has 5 nitrogen and oxygen atoms in total. The Morgan fingerprint density at radius 3 is 2.74 bits per heavy atom. The first-order chi connectivity index (χ1) is 12.9. The summed E-state index contributed by atoms with van der Waals surface area (Å²) in [5.41, 5.74) is 4.83. The van der Waals surface area contributed by atoms with Crippen molar-refractivity contribution in [1.82, 2.24) is 4.90 Å². The molecule has 0 fully saturated rings. The number of nitrogens with one attached hydrogen (secondary N) is 1. The van der Waals surface area contributed by atoms with Crippen molar-refractivity contribution in [3.63, 3.8) is 0 Å². The predicted molar refractivity (Wildman–Crippen MR) is 109 cm³/mol. The zero-order valence-electron chi connectivity index (χ0n) is 16.3. The highest BCUT2D eigenvalue weighted by molar-refractivity contribution is 7.17. The molecular formula is C21H26N2O3S. The molecule has 0 atom stereocenters. The van der Waals surface area contributed by atoms with E-state index in [0.717, 1.165) is 47.6 Å². The van der Waals surface area contributed by atoms with Crippen LogP contribution in [-0.4, -0.2) is 37.0 Å². The minimum Gasteiger partial charge on any atom is -0.465 e. The maximum absolute atomic E-state index is 12.6. The van der Waals surface area contributed by atoms with Crippen LogP contribution in [0, 0.1) is 13.8 Å². The Morgan fingerprint density at radius 2 is 2.07 bits per heavy atom. The second kappa shape index (κ2) is 8.23. The highest BCUT2D eigenvalue weighted by Crippen LogP contribution is 2.37. The van der Waals surface area contributed by atoms with E-state index in [2.05, 4.69) is 23.2 Å². The monoisotopic (exact) mass is 386 g/mol. The summed E-state index contributed by atoms with van der Waals surface area (Å²) in [5.74, 6) is -0.489. The smallest absolute Gasteiger partial charge is 0.341 e. The molecule has 1 aliphatic rings. The van der Waals surface area contributed by atoms with E-state index < -0.39 is 0 Å². The summed E-state index contributed by atoms with van der Waals surface area (Å²) in [7, 11) is 1.38. The molecule has 2 heterocycles. The third-order valence-electron chi connectivity index (χ3n) is 5.07. The maximum Gasteiger partial charge on any atom is 0.341 e. The Hall–Kier alpha value is -2.18. The molecule has 0 unspecified atom stereocenters. The highest BCUT2D eigenvalue weighted by Gasteiger charge is 2.28. The van der Waals surface area contributed by atoms with Crippen molar-refractivity contribution in [2.24, 2.45) is 0 Å². The molecule has 1 aliphatic heterocycles. The zero-order valence-corrected chi connectivity index (χ0v) is 17.2. The molecule has 1 N–H and O–H groups in total. The van der Waals surface area contributed by atoms with Crippen molar-refractivity contribution in [2.75, 3.05) is 25.5 Å². The number of carbonyl (C=O) groups is 2. The van der Waals surface area contributed by atoms with Gasteiger partial charge in [0.15, 0.2) is 0 Å². The number of aryl methyl sites for hydroxylation is 2. The third-order valence-corrected chi connectivity index (χ3v) is 6.21. The first-order valence-electron chi connectivity index (χ1n) is 9.24. The number of esters is 1. The molecule has 6 heteroatoms. The molecule has 3 rings (SSSR count). The molecular weight excluding hydrogens is 360 g/mol. The van der Waals surface area contributed by atoms with Crippen molar-refractivity contribution in [3.8, 4) is 0 Å². The molecule has 0 aliphatic carbocycles. The van der Waals surface area contributed by atoms with E-state index in [4.69, 9.17) is 4.74 Å². The summed E-state index contributed by atoms with van der Waals surface area (Å²) < 4.78 is 4.99. The van der Waals surface area contributed by atoms with E-state index in [9.17, 15) is 9.59 Å². The number of hydrogen-bond donors (Lipinski definition) is 1. The molecule has 0 saturated carbocycles. The van der Waals surface area contributed by atoms with Crippen LogP contribution in [-0.2, 0) is 28.9 Å². The van der Waals surface area contributed by atoms with Crippen LogP contribution in [0.15, 0.2) is 18.2 Å². The highest BCUT2D eigenvalue weighted by atomic mass is 32.1. The van der Waals surface area contributed by atoms with Gasteiger partial charge in [-0.3, -0.25) is 9.69 Å². The van der Waals surface area contributed by atoms with Crippen LogP contribution in [0.4, 0.5) is 5.00 Å². The lowest BCUT2D eigenvalue weighted by molar-refractivity contribution is -0.115. The second-order valence-electron chi connectivity index (χ2n) is 6.97. The number of rotatable bonds is 5. The summed E-state index contributed by atoms with van der Waals surface area (Å²) >= 11 is 1.50. The largest absolute Gasteiger partial charge is 0.465 e. The van der Waals surface area contributed by atoms with Crippen LogP contribution in [0.5, 0.6) is 0 Å². The summed E-state index contributed by atoms with van der Waals surface area (Å²) in [5, 5.41) is 3.58. The van der Waals surface area contributed by atoms with Crippen molar-refractivity contribution in [1.29, 1.82) is 0 Å². The normalized spacial score (nSPS) is 13.9. The van der Waals surface area contributed by atoms with Gasteiger partial charge >= 0.3 is 5.97 Å². The average molecular weight is 387 g/mol. The van der Waals surface area contributed by atoms with Crippen LogP contribution in [0.25, 0.3) is 0 Å². The van der Waals surface area contributed by atoms with Gasteiger partial charge in [-0.15, -0.1) is 11.3 Å². The standard InChI is InChI=1S/C21H26N2O3S/c1-5-23-9-8-16-17(12-23)27-20(19(16)21(25)26-4)22-18(24)11-15-7-6-13(2)10-14(15)3/h6-7,10H,5,8-9,11-12H2,1-4H3,(H,22,24). The predicted octanol–water partition coefficient (Wildman–Crippen LogP) is 3.71. The van der Waals surface area contributed by atoms with Gasteiger partial charge in [0.05, 0.1) is 19.1 Å². The van der Waals surface area contributed by atoms with Crippen molar-refractivity contribution < 1.29 is 14.3 Å². The zero-order chi connectivity index (χ0) is 19.6. The molecule has 0 radical (unpaired) electrons. The summed E-state index contributed by atoms with van der Waals surface area (Å²) in [6.45, 7) is 8.88. The van der Waals surface area contributed by atoms with Crippen molar-refractivity contribution in [3.05, 3.63) is 50.9 Å². The van der Waals surface area contributed by atoms with Gasteiger partial charge in [0.25, 0.3) is 0 Å². The van der Waals surface area contributed by atoms with E-state index in [0.29, 0.717) is 10.6 Å². The van der Waals surface area contributed by atoms with E-state index in [1.165, 1.54) is 24.0 Å². The molecule has 0 saturated heterocycles. The van der Waals surface area contributed by atoms with Crippen LogP contribution in [0.3, 0.4) is 0 Å². The second-order valence-corrected chi connectivity index (χ2v) is 8.08. The van der Waals surface area contributed by atoms with Gasteiger partial charge in [0.2, 0.25) is 5.91 Å². The van der Waals surface area contributed by atoms with Gasteiger partial charge in [-0.25, -0.2) is 4.79 Å². The Labute approximate surface area is 164 Å². The number of likely N-dealkylation sites (N-methyl/N-ethyl adjacent to an activating group) is 1. The Kier molecular flexibility index (Phi) is 5.97. The molecule has 0 spiro atoms. The van der Waals surface area contributed by atoms with Crippen LogP contribution >= 0.6 is 11.3 Å². The first-order valence-corrected chi connectivity index (χ1v) is 10.1. The molecule has 0 bridgehead atoms. The lowest BCUT2D eigenvalue weighted by Gasteiger charge is -2.25.